The van der Waals surface area contributed by atoms with Crippen LogP contribution in [0.25, 0.3) is 0 Å². The van der Waals surface area contributed by atoms with Gasteiger partial charge in [-0.2, -0.15) is 8.42 Å². The normalized spacial score (nSPS) is 13.0. The highest BCUT2D eigenvalue weighted by atomic mass is 32.2. The molecule has 1 N–H and O–H groups in total. The van der Waals surface area contributed by atoms with Crippen LogP contribution >= 0.6 is 0 Å². The van der Waals surface area contributed by atoms with Gasteiger partial charge < -0.3 is 0 Å². The molecule has 0 fully saturated rings. The molecule has 0 aromatic carbocycles. The van der Waals surface area contributed by atoms with Crippen molar-refractivity contribution in [3.05, 3.63) is 12.7 Å². The Bertz CT molecular complexity index is 266. The molecular formula is C7H13NO3S. The molecule has 0 bridgehead atoms. The van der Waals surface area contributed by atoms with Gasteiger partial charge in [-0.3, -0.25) is 9.55 Å². The third-order valence-corrected chi connectivity index (χ3v) is 2.02. The standard InChI is InChI=1S/C7H13NO3S/c1-3-7(2)8-5-4-6-12(9,10)11/h3H,1,4-6H2,2H3,(H,9,10,11). The summed E-state index contributed by atoms with van der Waals surface area (Å²) in [6, 6.07) is 0. The molecule has 12 heavy (non-hydrogen) atoms. The van der Waals surface area contributed by atoms with E-state index in [2.05, 4.69) is 11.6 Å². The molecule has 0 aliphatic heterocycles. The lowest BCUT2D eigenvalue weighted by molar-refractivity contribution is 0.481. The quantitative estimate of drug-likeness (QED) is 0.399. The molecule has 0 aliphatic carbocycles. The Kier molecular flexibility index (Phi) is 4.77. The summed E-state index contributed by atoms with van der Waals surface area (Å²) in [6.45, 7) is 5.67. The Labute approximate surface area is 72.8 Å². The van der Waals surface area contributed by atoms with Gasteiger partial charge in [0.05, 0.1) is 5.75 Å². The molecule has 0 aliphatic rings. The highest BCUT2D eigenvalue weighted by molar-refractivity contribution is 7.85. The summed E-state index contributed by atoms with van der Waals surface area (Å²) in [4.78, 5) is 3.97. The highest BCUT2D eigenvalue weighted by Crippen LogP contribution is 1.90. The van der Waals surface area contributed by atoms with Crippen molar-refractivity contribution in [1.82, 2.24) is 0 Å². The maximum Gasteiger partial charge on any atom is 0.264 e. The largest absolute Gasteiger partial charge is 0.290 e. The fourth-order valence-corrected chi connectivity index (χ4v) is 1.06. The van der Waals surface area contributed by atoms with Gasteiger partial charge in [-0.05, 0) is 19.4 Å². The van der Waals surface area contributed by atoms with Crippen molar-refractivity contribution in [2.45, 2.75) is 13.3 Å². The van der Waals surface area contributed by atoms with Gasteiger partial charge in [0.1, 0.15) is 0 Å². The Morgan fingerprint density at radius 3 is 2.67 bits per heavy atom. The van der Waals surface area contributed by atoms with Crippen molar-refractivity contribution >= 4 is 15.8 Å². The molecule has 0 aromatic rings. The summed E-state index contributed by atoms with van der Waals surface area (Å²) in [7, 11) is -3.82. The molecule has 0 spiro atoms. The van der Waals surface area contributed by atoms with Crippen molar-refractivity contribution < 1.29 is 13.0 Å². The molecule has 5 heteroatoms. The maximum absolute atomic E-state index is 10.2. The lowest BCUT2D eigenvalue weighted by Gasteiger charge is -1.94. The molecule has 0 radical (unpaired) electrons. The van der Waals surface area contributed by atoms with Crippen LogP contribution in [0.4, 0.5) is 0 Å². The van der Waals surface area contributed by atoms with Crippen LogP contribution in [0.5, 0.6) is 0 Å². The number of hydrogen-bond acceptors (Lipinski definition) is 3. The Hall–Kier alpha value is -0.680. The Morgan fingerprint density at radius 1 is 1.67 bits per heavy atom. The minimum absolute atomic E-state index is 0.235. The second-order valence-electron chi connectivity index (χ2n) is 2.37. The predicted octanol–water partition coefficient (Wildman–Crippen LogP) is 0.911. The van der Waals surface area contributed by atoms with Gasteiger partial charge >= 0.3 is 0 Å². The molecular weight excluding hydrogens is 178 g/mol. The average Bonchev–Trinajstić information content (AvgIpc) is 1.96. The van der Waals surface area contributed by atoms with Crippen LogP contribution in [0.3, 0.4) is 0 Å². The van der Waals surface area contributed by atoms with Gasteiger partial charge in [0, 0.05) is 12.3 Å². The van der Waals surface area contributed by atoms with E-state index in [1.165, 1.54) is 0 Å². The third kappa shape index (κ3) is 7.43. The summed E-state index contributed by atoms with van der Waals surface area (Å²) in [5.41, 5.74) is 0.769. The molecule has 0 saturated carbocycles. The first-order valence-electron chi connectivity index (χ1n) is 3.54. The van der Waals surface area contributed by atoms with Gasteiger partial charge in [0.25, 0.3) is 10.1 Å². The highest BCUT2D eigenvalue weighted by Gasteiger charge is 2.01. The number of hydrogen-bond donors (Lipinski definition) is 1. The predicted molar refractivity (Wildman–Crippen MR) is 49.2 cm³/mol. The fourth-order valence-electron chi connectivity index (χ4n) is 0.567. The number of nitrogens with zero attached hydrogens (tertiary/aromatic N) is 1. The zero-order valence-electron chi connectivity index (χ0n) is 7.02. The van der Waals surface area contributed by atoms with Gasteiger partial charge in [-0.1, -0.05) is 6.58 Å². The van der Waals surface area contributed by atoms with Crippen LogP contribution < -0.4 is 0 Å². The van der Waals surface area contributed by atoms with Gasteiger partial charge in [-0.25, -0.2) is 0 Å². The minimum atomic E-state index is -3.82. The molecule has 0 unspecified atom stereocenters. The van der Waals surface area contributed by atoms with Gasteiger partial charge in [0.15, 0.2) is 0 Å². The summed E-state index contributed by atoms with van der Waals surface area (Å²) in [5, 5.41) is 0. The zero-order valence-corrected chi connectivity index (χ0v) is 7.84. The molecule has 0 aromatic heterocycles. The number of allylic oxidation sites excluding steroid dienone is 1. The molecule has 0 atom stereocenters. The van der Waals surface area contributed by atoms with Crippen molar-refractivity contribution in [3.8, 4) is 0 Å². The first-order chi connectivity index (χ1) is 5.45. The topological polar surface area (TPSA) is 66.7 Å². The van der Waals surface area contributed by atoms with Crippen LogP contribution in [0, 0.1) is 0 Å². The van der Waals surface area contributed by atoms with Crippen molar-refractivity contribution in [2.75, 3.05) is 12.3 Å². The summed E-state index contributed by atoms with van der Waals surface area (Å²) in [6.07, 6.45) is 1.93. The molecule has 0 saturated heterocycles. The first kappa shape index (κ1) is 11.3. The monoisotopic (exact) mass is 191 g/mol. The summed E-state index contributed by atoms with van der Waals surface area (Å²) in [5.74, 6) is -0.235. The molecule has 70 valence electrons. The third-order valence-electron chi connectivity index (χ3n) is 1.22. The lowest BCUT2D eigenvalue weighted by atomic mass is 10.4. The Morgan fingerprint density at radius 2 is 2.25 bits per heavy atom. The van der Waals surface area contributed by atoms with E-state index in [0.29, 0.717) is 13.0 Å². The fraction of sp³-hybridized carbons (Fsp3) is 0.571. The van der Waals surface area contributed by atoms with Crippen LogP contribution in [0.15, 0.2) is 17.6 Å². The number of aliphatic imine (C=N–C) groups is 1. The first-order valence-corrected chi connectivity index (χ1v) is 5.15. The zero-order chi connectivity index (χ0) is 9.61. The van der Waals surface area contributed by atoms with E-state index in [0.717, 1.165) is 5.71 Å². The van der Waals surface area contributed by atoms with Crippen LogP contribution in [-0.4, -0.2) is 31.0 Å². The SMILES string of the molecule is C=CC(C)=NCCCS(=O)(=O)O. The molecule has 0 amide bonds. The van der Waals surface area contributed by atoms with E-state index in [1.54, 1.807) is 13.0 Å². The molecule has 0 rings (SSSR count). The lowest BCUT2D eigenvalue weighted by Crippen LogP contribution is -2.05. The van der Waals surface area contributed by atoms with Crippen molar-refractivity contribution in [3.63, 3.8) is 0 Å². The van der Waals surface area contributed by atoms with Crippen LogP contribution in [0.2, 0.25) is 0 Å². The van der Waals surface area contributed by atoms with E-state index in [9.17, 15) is 8.42 Å². The van der Waals surface area contributed by atoms with Gasteiger partial charge in [-0.15, -0.1) is 0 Å². The van der Waals surface area contributed by atoms with E-state index in [1.807, 2.05) is 0 Å². The smallest absolute Gasteiger partial charge is 0.264 e. The average molecular weight is 191 g/mol. The van der Waals surface area contributed by atoms with E-state index < -0.39 is 10.1 Å². The van der Waals surface area contributed by atoms with Crippen molar-refractivity contribution in [2.24, 2.45) is 4.99 Å². The van der Waals surface area contributed by atoms with Crippen LogP contribution in [-0.2, 0) is 10.1 Å². The summed E-state index contributed by atoms with van der Waals surface area (Å²) >= 11 is 0. The van der Waals surface area contributed by atoms with E-state index in [4.69, 9.17) is 4.55 Å². The van der Waals surface area contributed by atoms with E-state index in [-0.39, 0.29) is 5.75 Å². The second-order valence-corrected chi connectivity index (χ2v) is 3.94. The number of rotatable bonds is 5. The maximum atomic E-state index is 10.2. The van der Waals surface area contributed by atoms with Crippen LogP contribution in [0.1, 0.15) is 13.3 Å². The van der Waals surface area contributed by atoms with Gasteiger partial charge in [0.2, 0.25) is 0 Å². The molecule has 4 nitrogen and oxygen atoms in total. The molecule has 0 heterocycles. The second kappa shape index (κ2) is 5.05. The van der Waals surface area contributed by atoms with Crippen molar-refractivity contribution in [1.29, 1.82) is 0 Å². The van der Waals surface area contributed by atoms with E-state index >= 15 is 0 Å². The summed E-state index contributed by atoms with van der Waals surface area (Å²) < 4.78 is 28.8. The Balaban J connectivity index is 3.66. The minimum Gasteiger partial charge on any atom is -0.290 e.